The molecule has 4 heterocycles. The number of hydrogen-bond donors (Lipinski definition) is 0. The average molecular weight is 455 g/mol. The van der Waals surface area contributed by atoms with Crippen LogP contribution in [0.5, 0.6) is 0 Å². The molecule has 0 N–H and O–H groups in total. The zero-order valence-corrected chi connectivity index (χ0v) is 18.4. The van der Waals surface area contributed by atoms with E-state index in [1.807, 2.05) is 23.3 Å². The number of piperazine rings is 1. The van der Waals surface area contributed by atoms with Crippen molar-refractivity contribution < 1.29 is 9.18 Å². The molecule has 31 heavy (non-hydrogen) atoms. The minimum absolute atomic E-state index is 0.0808. The summed E-state index contributed by atoms with van der Waals surface area (Å²) in [5.41, 5.74) is 2.09. The fraction of sp³-hybridized carbons (Fsp3) is 0.238. The third-order valence-corrected chi connectivity index (χ3v) is 6.90. The van der Waals surface area contributed by atoms with Crippen molar-refractivity contribution in [3.8, 4) is 5.69 Å². The number of thiazole rings is 1. The largest absolute Gasteiger partial charge is 0.344 e. The summed E-state index contributed by atoms with van der Waals surface area (Å²) in [6.45, 7) is 2.58. The monoisotopic (exact) mass is 454 g/mol. The lowest BCUT2D eigenvalue weighted by molar-refractivity contribution is 0.0738. The van der Waals surface area contributed by atoms with Crippen molar-refractivity contribution >= 4 is 44.5 Å². The predicted molar refractivity (Wildman–Crippen MR) is 121 cm³/mol. The third kappa shape index (κ3) is 3.77. The van der Waals surface area contributed by atoms with Gasteiger partial charge in [0.25, 0.3) is 5.91 Å². The molecular formula is C21H19FN6OS2. The van der Waals surface area contributed by atoms with E-state index in [0.29, 0.717) is 42.7 Å². The topological polar surface area (TPSA) is 67.2 Å². The predicted octanol–water partition coefficient (Wildman–Crippen LogP) is 3.70. The number of aromatic nitrogens is 4. The Bertz CT molecular complexity index is 1200. The number of amides is 1. The molecule has 0 atom stereocenters. The Balaban J connectivity index is 1.35. The SMILES string of the molecule is CSc1ncc(C(=O)N2CCN(c3nc4cccnc4s3)CC2)n1-c1ccc(F)cc1. The first-order valence-electron chi connectivity index (χ1n) is 9.77. The smallest absolute Gasteiger partial charge is 0.272 e. The number of fused-ring (bicyclic) bond motifs is 1. The number of rotatable bonds is 4. The van der Waals surface area contributed by atoms with Gasteiger partial charge < -0.3 is 9.80 Å². The molecular weight excluding hydrogens is 435 g/mol. The lowest BCUT2D eigenvalue weighted by Crippen LogP contribution is -2.49. The summed E-state index contributed by atoms with van der Waals surface area (Å²) in [4.78, 5) is 31.7. The van der Waals surface area contributed by atoms with E-state index in [1.165, 1.54) is 23.9 Å². The van der Waals surface area contributed by atoms with Gasteiger partial charge in [0.2, 0.25) is 0 Å². The van der Waals surface area contributed by atoms with Crippen molar-refractivity contribution in [3.63, 3.8) is 0 Å². The molecule has 0 unspecified atom stereocenters. The molecule has 1 aromatic carbocycles. The number of anilines is 1. The molecule has 1 aliphatic heterocycles. The Morgan fingerprint density at radius 1 is 1.10 bits per heavy atom. The molecule has 1 fully saturated rings. The number of halogens is 1. The lowest BCUT2D eigenvalue weighted by Gasteiger charge is -2.34. The molecule has 0 bridgehead atoms. The second-order valence-electron chi connectivity index (χ2n) is 7.05. The summed E-state index contributed by atoms with van der Waals surface area (Å²) in [5.74, 6) is -0.397. The molecule has 1 amide bonds. The van der Waals surface area contributed by atoms with Crippen LogP contribution in [0.3, 0.4) is 0 Å². The zero-order valence-electron chi connectivity index (χ0n) is 16.7. The highest BCUT2D eigenvalue weighted by Gasteiger charge is 2.27. The minimum atomic E-state index is -0.316. The zero-order chi connectivity index (χ0) is 21.4. The van der Waals surface area contributed by atoms with Crippen LogP contribution in [-0.4, -0.2) is 62.8 Å². The van der Waals surface area contributed by atoms with E-state index < -0.39 is 0 Å². The number of thioether (sulfide) groups is 1. The molecule has 0 radical (unpaired) electrons. The van der Waals surface area contributed by atoms with Gasteiger partial charge in [0.15, 0.2) is 10.3 Å². The Morgan fingerprint density at radius 2 is 1.87 bits per heavy atom. The van der Waals surface area contributed by atoms with E-state index in [0.717, 1.165) is 15.5 Å². The molecule has 1 saturated heterocycles. The maximum absolute atomic E-state index is 13.4. The number of imidazole rings is 1. The maximum Gasteiger partial charge on any atom is 0.272 e. The standard InChI is InChI=1S/C21H19FN6OS2/c1-30-20-24-13-17(28(20)15-6-4-14(22)5-7-15)19(29)26-9-11-27(12-10-26)21-25-16-3-2-8-23-18(16)31-21/h2-8,13H,9-12H2,1H3. The molecule has 158 valence electrons. The first kappa shape index (κ1) is 20.0. The number of benzene rings is 1. The van der Waals surface area contributed by atoms with Crippen molar-refractivity contribution in [2.24, 2.45) is 0 Å². The van der Waals surface area contributed by atoms with Crippen LogP contribution in [0.4, 0.5) is 9.52 Å². The van der Waals surface area contributed by atoms with Crippen LogP contribution in [0.15, 0.2) is 53.9 Å². The fourth-order valence-electron chi connectivity index (χ4n) is 3.63. The van der Waals surface area contributed by atoms with Gasteiger partial charge in [-0.1, -0.05) is 23.1 Å². The van der Waals surface area contributed by atoms with Crippen LogP contribution in [-0.2, 0) is 0 Å². The van der Waals surface area contributed by atoms with Crippen LogP contribution in [0.2, 0.25) is 0 Å². The summed E-state index contributed by atoms with van der Waals surface area (Å²) in [7, 11) is 0. The molecule has 10 heteroatoms. The highest BCUT2D eigenvalue weighted by molar-refractivity contribution is 7.98. The average Bonchev–Trinajstić information content (AvgIpc) is 3.43. The molecule has 7 nitrogen and oxygen atoms in total. The van der Waals surface area contributed by atoms with Crippen molar-refractivity contribution in [2.45, 2.75) is 5.16 Å². The summed E-state index contributed by atoms with van der Waals surface area (Å²) in [5, 5.41) is 1.62. The van der Waals surface area contributed by atoms with Crippen molar-refractivity contribution in [3.05, 3.63) is 60.3 Å². The fourth-order valence-corrected chi connectivity index (χ4v) is 5.13. The summed E-state index contributed by atoms with van der Waals surface area (Å²) in [6, 6.07) is 9.94. The normalized spacial score (nSPS) is 14.4. The third-order valence-electron chi connectivity index (χ3n) is 5.21. The lowest BCUT2D eigenvalue weighted by atomic mass is 10.2. The van der Waals surface area contributed by atoms with Gasteiger partial charge in [0.05, 0.1) is 6.20 Å². The molecule has 1 aliphatic rings. The highest BCUT2D eigenvalue weighted by Crippen LogP contribution is 2.28. The molecule has 4 aromatic rings. The molecule has 0 saturated carbocycles. The van der Waals surface area contributed by atoms with E-state index >= 15 is 0 Å². The van der Waals surface area contributed by atoms with Gasteiger partial charge in [0.1, 0.15) is 21.9 Å². The van der Waals surface area contributed by atoms with Gasteiger partial charge in [-0.05, 0) is 42.7 Å². The Kier molecular flexibility index (Phi) is 5.33. The van der Waals surface area contributed by atoms with E-state index in [1.54, 1.807) is 40.4 Å². The number of nitrogens with zero attached hydrogens (tertiary/aromatic N) is 6. The van der Waals surface area contributed by atoms with Gasteiger partial charge in [-0.2, -0.15) is 0 Å². The Labute approximate surface area is 186 Å². The molecule has 3 aromatic heterocycles. The van der Waals surface area contributed by atoms with Crippen molar-refractivity contribution in [2.75, 3.05) is 37.3 Å². The van der Waals surface area contributed by atoms with Gasteiger partial charge in [-0.15, -0.1) is 0 Å². The van der Waals surface area contributed by atoms with E-state index in [9.17, 15) is 9.18 Å². The van der Waals surface area contributed by atoms with Crippen LogP contribution in [0.25, 0.3) is 16.0 Å². The molecule has 5 rings (SSSR count). The highest BCUT2D eigenvalue weighted by atomic mass is 32.2. The molecule has 0 spiro atoms. The summed E-state index contributed by atoms with van der Waals surface area (Å²) >= 11 is 3.02. The quantitative estimate of drug-likeness (QED) is 0.438. The first-order chi connectivity index (χ1) is 15.1. The maximum atomic E-state index is 13.4. The number of hydrogen-bond acceptors (Lipinski definition) is 7. The van der Waals surface area contributed by atoms with E-state index in [4.69, 9.17) is 0 Å². The van der Waals surface area contributed by atoms with E-state index in [-0.39, 0.29) is 11.7 Å². The van der Waals surface area contributed by atoms with Crippen LogP contribution >= 0.6 is 23.1 Å². The van der Waals surface area contributed by atoms with Crippen molar-refractivity contribution in [1.82, 2.24) is 24.4 Å². The second kappa shape index (κ2) is 8.27. The van der Waals surface area contributed by atoms with Crippen LogP contribution in [0.1, 0.15) is 10.5 Å². The number of pyridine rings is 1. The summed E-state index contributed by atoms with van der Waals surface area (Å²) < 4.78 is 15.2. The number of carbonyl (C=O) groups is 1. The number of carbonyl (C=O) groups excluding carboxylic acids is 1. The van der Waals surface area contributed by atoms with Gasteiger partial charge >= 0.3 is 0 Å². The van der Waals surface area contributed by atoms with Gasteiger partial charge in [-0.25, -0.2) is 19.3 Å². The Hall–Kier alpha value is -2.98. The van der Waals surface area contributed by atoms with E-state index in [2.05, 4.69) is 19.9 Å². The first-order valence-corrected chi connectivity index (χ1v) is 11.8. The van der Waals surface area contributed by atoms with Crippen molar-refractivity contribution in [1.29, 1.82) is 0 Å². The Morgan fingerprint density at radius 3 is 2.58 bits per heavy atom. The van der Waals surface area contributed by atoms with Crippen LogP contribution in [0, 0.1) is 5.82 Å². The van der Waals surface area contributed by atoms with Gasteiger partial charge in [-0.3, -0.25) is 9.36 Å². The molecule has 0 aliphatic carbocycles. The minimum Gasteiger partial charge on any atom is -0.344 e. The van der Waals surface area contributed by atoms with Crippen LogP contribution < -0.4 is 4.90 Å². The van der Waals surface area contributed by atoms with Gasteiger partial charge in [0, 0.05) is 38.1 Å². The summed E-state index contributed by atoms with van der Waals surface area (Å²) in [6.07, 6.45) is 5.28. The second-order valence-corrected chi connectivity index (χ2v) is 8.77.